The molecule has 0 atom stereocenters. The molecular weight excluding hydrogens is 224 g/mol. The second-order valence-electron chi connectivity index (χ2n) is 4.71. The lowest BCUT2D eigenvalue weighted by molar-refractivity contribution is -0.117. The zero-order chi connectivity index (χ0) is 13.6. The fourth-order valence-electron chi connectivity index (χ4n) is 1.60. The molecule has 0 saturated heterocycles. The van der Waals surface area contributed by atoms with E-state index in [2.05, 4.69) is 24.3 Å². The Hall–Kier alpha value is -1.18. The van der Waals surface area contributed by atoms with E-state index in [0.29, 0.717) is 12.8 Å². The van der Waals surface area contributed by atoms with Crippen LogP contribution in [0.1, 0.15) is 65.2 Å². The van der Waals surface area contributed by atoms with Gasteiger partial charge in [-0.3, -0.25) is 0 Å². The van der Waals surface area contributed by atoms with Crippen molar-refractivity contribution in [2.75, 3.05) is 0 Å². The largest absolute Gasteiger partial charge is 0.300 e. The van der Waals surface area contributed by atoms with Gasteiger partial charge in [0.15, 0.2) is 0 Å². The molecule has 0 aromatic heterocycles. The van der Waals surface area contributed by atoms with Crippen molar-refractivity contribution in [3.05, 3.63) is 24.3 Å². The lowest BCUT2D eigenvalue weighted by Gasteiger charge is -1.92. The molecule has 0 spiro atoms. The number of rotatable bonds is 11. The van der Waals surface area contributed by atoms with Crippen LogP contribution < -0.4 is 0 Å². The molecule has 0 aromatic rings. The van der Waals surface area contributed by atoms with Gasteiger partial charge in [-0.15, -0.1) is 0 Å². The monoisotopic (exact) mass is 250 g/mol. The number of hydrogen-bond acceptors (Lipinski definition) is 2. The predicted octanol–water partition coefficient (Wildman–Crippen LogP) is 4.40. The van der Waals surface area contributed by atoms with Crippen molar-refractivity contribution in [1.82, 2.24) is 0 Å². The maximum Gasteiger partial charge on any atom is 0.129 e. The van der Waals surface area contributed by atoms with E-state index in [-0.39, 0.29) is 11.6 Å². The second kappa shape index (κ2) is 12.3. The van der Waals surface area contributed by atoms with Crippen molar-refractivity contribution in [1.29, 1.82) is 0 Å². The Morgan fingerprint density at radius 3 is 1.33 bits per heavy atom. The van der Waals surface area contributed by atoms with E-state index >= 15 is 0 Å². The van der Waals surface area contributed by atoms with Gasteiger partial charge in [0.1, 0.15) is 11.6 Å². The molecule has 102 valence electrons. The molecule has 0 fully saturated rings. The summed E-state index contributed by atoms with van der Waals surface area (Å²) in [5.74, 6) is 0.550. The van der Waals surface area contributed by atoms with Crippen LogP contribution in [0.25, 0.3) is 0 Å². The summed E-state index contributed by atoms with van der Waals surface area (Å²) in [6.45, 7) is 3.28. The lowest BCUT2D eigenvalue weighted by atomic mass is 10.1. The summed E-state index contributed by atoms with van der Waals surface area (Å²) >= 11 is 0. The molecule has 0 heterocycles. The van der Waals surface area contributed by atoms with Crippen LogP contribution in [0, 0.1) is 0 Å². The van der Waals surface area contributed by atoms with Gasteiger partial charge in [-0.05, 0) is 52.4 Å². The van der Waals surface area contributed by atoms with Gasteiger partial charge in [-0.1, -0.05) is 24.3 Å². The first-order valence-corrected chi connectivity index (χ1v) is 6.92. The van der Waals surface area contributed by atoms with Crippen LogP contribution in [0.2, 0.25) is 0 Å². The number of allylic oxidation sites excluding steroid dienone is 4. The maximum atomic E-state index is 10.7. The van der Waals surface area contributed by atoms with Gasteiger partial charge in [0, 0.05) is 12.8 Å². The van der Waals surface area contributed by atoms with Gasteiger partial charge in [0.2, 0.25) is 0 Å². The SMILES string of the molecule is CC(=O)CCC/C=C/CC/C=C/CCCC(C)=O. The molecule has 0 aliphatic carbocycles. The van der Waals surface area contributed by atoms with Crippen molar-refractivity contribution in [2.45, 2.75) is 65.2 Å². The Balaban J connectivity index is 3.28. The summed E-state index contributed by atoms with van der Waals surface area (Å²) in [7, 11) is 0. The fourth-order valence-corrected chi connectivity index (χ4v) is 1.60. The van der Waals surface area contributed by atoms with Crippen LogP contribution >= 0.6 is 0 Å². The van der Waals surface area contributed by atoms with Crippen molar-refractivity contribution >= 4 is 11.6 Å². The van der Waals surface area contributed by atoms with Gasteiger partial charge in [-0.2, -0.15) is 0 Å². The second-order valence-corrected chi connectivity index (χ2v) is 4.71. The van der Waals surface area contributed by atoms with E-state index in [1.807, 2.05) is 0 Å². The Morgan fingerprint density at radius 2 is 1.00 bits per heavy atom. The number of carbonyl (C=O) groups excluding carboxylic acids is 2. The highest BCUT2D eigenvalue weighted by Crippen LogP contribution is 2.02. The van der Waals surface area contributed by atoms with Gasteiger partial charge in [-0.25, -0.2) is 0 Å². The quantitative estimate of drug-likeness (QED) is 0.402. The van der Waals surface area contributed by atoms with Gasteiger partial charge >= 0.3 is 0 Å². The van der Waals surface area contributed by atoms with Crippen LogP contribution in [0.4, 0.5) is 0 Å². The zero-order valence-corrected chi connectivity index (χ0v) is 11.8. The van der Waals surface area contributed by atoms with E-state index in [1.165, 1.54) is 0 Å². The van der Waals surface area contributed by atoms with Crippen LogP contribution in [0.15, 0.2) is 24.3 Å². The normalized spacial score (nSPS) is 11.4. The summed E-state index contributed by atoms with van der Waals surface area (Å²) < 4.78 is 0. The summed E-state index contributed by atoms with van der Waals surface area (Å²) in [6, 6.07) is 0. The number of unbranched alkanes of at least 4 members (excludes halogenated alkanes) is 3. The number of ketones is 2. The lowest BCUT2D eigenvalue weighted by Crippen LogP contribution is -1.87. The van der Waals surface area contributed by atoms with Crippen LogP contribution in [0.5, 0.6) is 0 Å². The molecule has 0 bridgehead atoms. The number of Topliss-reactive ketones (excluding diaryl/α,β-unsaturated/α-hetero) is 2. The third kappa shape index (κ3) is 14.8. The van der Waals surface area contributed by atoms with Crippen molar-refractivity contribution < 1.29 is 9.59 Å². The summed E-state index contributed by atoms with van der Waals surface area (Å²) in [5.41, 5.74) is 0. The van der Waals surface area contributed by atoms with Crippen molar-refractivity contribution in [2.24, 2.45) is 0 Å². The first-order chi connectivity index (χ1) is 8.63. The standard InChI is InChI=1S/C16H26O2/c1-15(17)13-11-9-7-5-3-4-6-8-10-12-14-16(2)18/h5-8H,3-4,9-14H2,1-2H3/b7-5+,8-6+. The van der Waals surface area contributed by atoms with Gasteiger partial charge in [0.25, 0.3) is 0 Å². The molecule has 2 nitrogen and oxygen atoms in total. The third-order valence-electron chi connectivity index (χ3n) is 2.63. The molecule has 0 unspecified atom stereocenters. The number of hydrogen-bond donors (Lipinski definition) is 0. The van der Waals surface area contributed by atoms with Crippen molar-refractivity contribution in [3.63, 3.8) is 0 Å². The summed E-state index contributed by atoms with van der Waals surface area (Å²) in [5, 5.41) is 0. The average Bonchev–Trinajstić information content (AvgIpc) is 2.29. The third-order valence-corrected chi connectivity index (χ3v) is 2.63. The minimum Gasteiger partial charge on any atom is -0.300 e. The maximum absolute atomic E-state index is 10.7. The van der Waals surface area contributed by atoms with E-state index in [1.54, 1.807) is 13.8 Å². The highest BCUT2D eigenvalue weighted by Gasteiger charge is 1.91. The van der Waals surface area contributed by atoms with Crippen molar-refractivity contribution in [3.8, 4) is 0 Å². The molecule has 0 aliphatic heterocycles. The first-order valence-electron chi connectivity index (χ1n) is 6.92. The average molecular weight is 250 g/mol. The smallest absolute Gasteiger partial charge is 0.129 e. The molecule has 0 radical (unpaired) electrons. The molecule has 0 rings (SSSR count). The molecular formula is C16H26O2. The van der Waals surface area contributed by atoms with Crippen LogP contribution in [0.3, 0.4) is 0 Å². The molecule has 2 heteroatoms. The minimum absolute atomic E-state index is 0.275. The van der Waals surface area contributed by atoms with E-state index in [4.69, 9.17) is 0 Å². The Bertz CT molecular complexity index is 257. The molecule has 0 amide bonds. The first kappa shape index (κ1) is 16.8. The minimum atomic E-state index is 0.275. The van der Waals surface area contributed by atoms with Gasteiger partial charge < -0.3 is 9.59 Å². The molecule has 0 aliphatic rings. The molecule has 18 heavy (non-hydrogen) atoms. The zero-order valence-electron chi connectivity index (χ0n) is 11.8. The van der Waals surface area contributed by atoms with Crippen LogP contribution in [-0.4, -0.2) is 11.6 Å². The molecule has 0 aromatic carbocycles. The Morgan fingerprint density at radius 1 is 0.667 bits per heavy atom. The molecule has 0 N–H and O–H groups in total. The highest BCUT2D eigenvalue weighted by atomic mass is 16.1. The van der Waals surface area contributed by atoms with E-state index in [0.717, 1.165) is 38.5 Å². The topological polar surface area (TPSA) is 34.1 Å². The highest BCUT2D eigenvalue weighted by molar-refractivity contribution is 5.75. The van der Waals surface area contributed by atoms with E-state index in [9.17, 15) is 9.59 Å². The van der Waals surface area contributed by atoms with Crippen LogP contribution in [-0.2, 0) is 9.59 Å². The predicted molar refractivity (Wildman–Crippen MR) is 76.6 cm³/mol. The summed E-state index contributed by atoms with van der Waals surface area (Å²) in [4.78, 5) is 21.4. The Labute approximate surface area is 111 Å². The van der Waals surface area contributed by atoms with Gasteiger partial charge in [0.05, 0.1) is 0 Å². The number of carbonyl (C=O) groups is 2. The molecule has 0 saturated carbocycles. The van der Waals surface area contributed by atoms with E-state index < -0.39 is 0 Å². The fraction of sp³-hybridized carbons (Fsp3) is 0.625. The summed E-state index contributed by atoms with van der Waals surface area (Å²) in [6.07, 6.45) is 16.1. The Kier molecular flexibility index (Phi) is 11.5.